The number of anilines is 1. The van der Waals surface area contributed by atoms with Crippen molar-refractivity contribution < 1.29 is 9.50 Å². The Morgan fingerprint density at radius 1 is 1.45 bits per heavy atom. The standard InChI is InChI=1S/C13H14FN3O2S/c1-6-3-10(8(7(2)18)4-9(6)14)20-13-16-11(15)5-12(19)17-13/h3-5,7,18H,1-2H3,(H3,15,16,17,19)/t7-/m1/s1. The number of nitrogens with one attached hydrogen (secondary N) is 1. The van der Waals surface area contributed by atoms with Gasteiger partial charge in [0.05, 0.1) is 6.10 Å². The average molecular weight is 295 g/mol. The maximum atomic E-state index is 13.6. The number of hydrogen-bond donors (Lipinski definition) is 3. The molecule has 2 rings (SSSR count). The van der Waals surface area contributed by atoms with Crippen LogP contribution in [0.15, 0.2) is 33.0 Å². The van der Waals surface area contributed by atoms with Gasteiger partial charge in [-0.1, -0.05) is 11.8 Å². The van der Waals surface area contributed by atoms with Gasteiger partial charge in [-0.05, 0) is 37.1 Å². The highest BCUT2D eigenvalue weighted by atomic mass is 32.2. The van der Waals surface area contributed by atoms with Gasteiger partial charge in [-0.25, -0.2) is 9.37 Å². The third kappa shape index (κ3) is 3.17. The molecule has 1 heterocycles. The Hall–Kier alpha value is -1.86. The van der Waals surface area contributed by atoms with Crippen LogP contribution in [0.25, 0.3) is 0 Å². The van der Waals surface area contributed by atoms with E-state index in [2.05, 4.69) is 9.97 Å². The molecule has 1 aromatic carbocycles. The van der Waals surface area contributed by atoms with E-state index in [-0.39, 0.29) is 17.2 Å². The van der Waals surface area contributed by atoms with E-state index < -0.39 is 6.10 Å². The molecule has 0 unspecified atom stereocenters. The van der Waals surface area contributed by atoms with E-state index in [1.165, 1.54) is 12.1 Å². The van der Waals surface area contributed by atoms with Crippen molar-refractivity contribution in [1.82, 2.24) is 9.97 Å². The number of nitrogens with zero attached hydrogens (tertiary/aromatic N) is 1. The van der Waals surface area contributed by atoms with Crippen molar-refractivity contribution in [2.24, 2.45) is 0 Å². The third-order valence-corrected chi connectivity index (χ3v) is 3.65. The van der Waals surface area contributed by atoms with Gasteiger partial charge >= 0.3 is 0 Å². The smallest absolute Gasteiger partial charge is 0.253 e. The Bertz CT molecular complexity index is 701. The number of aryl methyl sites for hydroxylation is 1. The average Bonchev–Trinajstić information content (AvgIpc) is 2.31. The summed E-state index contributed by atoms with van der Waals surface area (Å²) in [5.41, 5.74) is 6.03. The van der Waals surface area contributed by atoms with Gasteiger partial charge in [0.2, 0.25) is 0 Å². The molecular formula is C13H14FN3O2S. The third-order valence-electron chi connectivity index (χ3n) is 2.69. The van der Waals surface area contributed by atoms with E-state index in [0.717, 1.165) is 11.8 Å². The second-order valence-electron chi connectivity index (χ2n) is 4.39. The van der Waals surface area contributed by atoms with Crippen LogP contribution in [-0.4, -0.2) is 15.1 Å². The fraction of sp³-hybridized carbons (Fsp3) is 0.231. The molecule has 4 N–H and O–H groups in total. The van der Waals surface area contributed by atoms with Crippen molar-refractivity contribution >= 4 is 17.6 Å². The van der Waals surface area contributed by atoms with Crippen LogP contribution in [0.1, 0.15) is 24.2 Å². The number of aromatic amines is 1. The van der Waals surface area contributed by atoms with Crippen LogP contribution >= 0.6 is 11.8 Å². The maximum absolute atomic E-state index is 13.6. The predicted molar refractivity (Wildman–Crippen MR) is 75.2 cm³/mol. The Labute approximate surface area is 119 Å². The van der Waals surface area contributed by atoms with Gasteiger partial charge in [0.15, 0.2) is 5.16 Å². The van der Waals surface area contributed by atoms with E-state index in [1.807, 2.05) is 0 Å². The van der Waals surface area contributed by atoms with Crippen LogP contribution < -0.4 is 11.3 Å². The van der Waals surface area contributed by atoms with Crippen LogP contribution in [0, 0.1) is 12.7 Å². The van der Waals surface area contributed by atoms with Crippen LogP contribution in [0.4, 0.5) is 10.2 Å². The highest BCUT2D eigenvalue weighted by Gasteiger charge is 2.14. The Kier molecular flexibility index (Phi) is 4.10. The second kappa shape index (κ2) is 5.64. The van der Waals surface area contributed by atoms with Crippen molar-refractivity contribution in [2.45, 2.75) is 30.0 Å². The summed E-state index contributed by atoms with van der Waals surface area (Å²) in [6.45, 7) is 3.17. The lowest BCUT2D eigenvalue weighted by Gasteiger charge is -2.13. The minimum atomic E-state index is -0.833. The fourth-order valence-corrected chi connectivity index (χ4v) is 2.79. The minimum absolute atomic E-state index is 0.105. The SMILES string of the molecule is Cc1cc(Sc2nc(N)cc(=O)[nH]2)c([C@@H](C)O)cc1F. The van der Waals surface area contributed by atoms with E-state index in [1.54, 1.807) is 19.9 Å². The van der Waals surface area contributed by atoms with Gasteiger partial charge in [0.25, 0.3) is 5.56 Å². The first kappa shape index (κ1) is 14.5. The summed E-state index contributed by atoms with van der Waals surface area (Å²) in [6, 6.07) is 4.06. The molecule has 0 radical (unpaired) electrons. The number of halogens is 1. The topological polar surface area (TPSA) is 92.0 Å². The Balaban J connectivity index is 2.47. The molecule has 0 spiro atoms. The number of aliphatic hydroxyl groups excluding tert-OH is 1. The van der Waals surface area contributed by atoms with Gasteiger partial charge in [-0.15, -0.1) is 0 Å². The molecular weight excluding hydrogens is 281 g/mol. The first-order valence-corrected chi connectivity index (χ1v) is 6.71. The van der Waals surface area contributed by atoms with Crippen molar-refractivity contribution in [3.8, 4) is 0 Å². The molecule has 0 saturated heterocycles. The summed E-state index contributed by atoms with van der Waals surface area (Å²) in [5, 5.41) is 10.0. The zero-order valence-corrected chi connectivity index (χ0v) is 11.8. The summed E-state index contributed by atoms with van der Waals surface area (Å²) >= 11 is 1.12. The molecule has 0 aliphatic heterocycles. The number of aromatic nitrogens is 2. The summed E-state index contributed by atoms with van der Waals surface area (Å²) in [7, 11) is 0. The number of H-pyrrole nitrogens is 1. The molecule has 0 fully saturated rings. The van der Waals surface area contributed by atoms with E-state index in [9.17, 15) is 14.3 Å². The largest absolute Gasteiger partial charge is 0.389 e. The van der Waals surface area contributed by atoms with Crippen molar-refractivity contribution in [3.05, 3.63) is 45.5 Å². The lowest BCUT2D eigenvalue weighted by molar-refractivity contribution is 0.196. The minimum Gasteiger partial charge on any atom is -0.389 e. The first-order chi connectivity index (χ1) is 9.36. The Morgan fingerprint density at radius 3 is 2.75 bits per heavy atom. The molecule has 1 aromatic heterocycles. The highest BCUT2D eigenvalue weighted by molar-refractivity contribution is 7.99. The quantitative estimate of drug-likeness (QED) is 0.753. The first-order valence-electron chi connectivity index (χ1n) is 5.89. The van der Waals surface area contributed by atoms with E-state index >= 15 is 0 Å². The van der Waals surface area contributed by atoms with Crippen LogP contribution in [0.3, 0.4) is 0 Å². The van der Waals surface area contributed by atoms with Crippen molar-refractivity contribution in [1.29, 1.82) is 0 Å². The molecule has 5 nitrogen and oxygen atoms in total. The van der Waals surface area contributed by atoms with Crippen LogP contribution in [-0.2, 0) is 0 Å². The predicted octanol–water partition coefficient (Wildman–Crippen LogP) is 2.00. The van der Waals surface area contributed by atoms with Gasteiger partial charge < -0.3 is 15.8 Å². The highest BCUT2D eigenvalue weighted by Crippen LogP contribution is 2.33. The lowest BCUT2D eigenvalue weighted by atomic mass is 10.1. The molecule has 0 aliphatic carbocycles. The summed E-state index contributed by atoms with van der Waals surface area (Å²) in [6.07, 6.45) is -0.833. The second-order valence-corrected chi connectivity index (χ2v) is 5.42. The van der Waals surface area contributed by atoms with Crippen LogP contribution in [0.5, 0.6) is 0 Å². The molecule has 1 atom stereocenters. The van der Waals surface area contributed by atoms with E-state index in [4.69, 9.17) is 5.73 Å². The summed E-state index contributed by atoms with van der Waals surface area (Å²) in [5.74, 6) is -0.284. The number of nitrogen functional groups attached to an aromatic ring is 1. The summed E-state index contributed by atoms with van der Waals surface area (Å²) < 4.78 is 13.6. The number of aliphatic hydroxyl groups is 1. The van der Waals surface area contributed by atoms with Gasteiger partial charge in [0.1, 0.15) is 11.6 Å². The van der Waals surface area contributed by atoms with Gasteiger partial charge in [0, 0.05) is 11.0 Å². The zero-order valence-electron chi connectivity index (χ0n) is 11.0. The van der Waals surface area contributed by atoms with Crippen molar-refractivity contribution in [3.63, 3.8) is 0 Å². The van der Waals surface area contributed by atoms with Crippen molar-refractivity contribution in [2.75, 3.05) is 5.73 Å². The van der Waals surface area contributed by atoms with Crippen LogP contribution in [0.2, 0.25) is 0 Å². The molecule has 0 amide bonds. The van der Waals surface area contributed by atoms with Gasteiger partial charge in [-0.3, -0.25) is 4.79 Å². The lowest BCUT2D eigenvalue weighted by Crippen LogP contribution is -2.09. The number of hydrogen-bond acceptors (Lipinski definition) is 5. The fourth-order valence-electron chi connectivity index (χ4n) is 1.69. The van der Waals surface area contributed by atoms with E-state index in [0.29, 0.717) is 21.2 Å². The Morgan fingerprint density at radius 2 is 2.15 bits per heavy atom. The summed E-state index contributed by atoms with van der Waals surface area (Å²) in [4.78, 5) is 18.5. The molecule has 20 heavy (non-hydrogen) atoms. The molecule has 0 aliphatic rings. The number of benzene rings is 1. The number of nitrogens with two attached hydrogens (primary N) is 1. The molecule has 7 heteroatoms. The monoisotopic (exact) mass is 295 g/mol. The normalized spacial score (nSPS) is 12.4. The zero-order chi connectivity index (χ0) is 14.9. The maximum Gasteiger partial charge on any atom is 0.253 e. The molecule has 2 aromatic rings. The molecule has 106 valence electrons. The van der Waals surface area contributed by atoms with Gasteiger partial charge in [-0.2, -0.15) is 0 Å². The number of rotatable bonds is 3. The molecule has 0 saturated carbocycles. The molecule has 0 bridgehead atoms.